The fraction of sp³-hybridized carbons (Fsp3) is 0.375. The molecule has 3 rings (SSSR count). The summed E-state index contributed by atoms with van der Waals surface area (Å²) in [5.41, 5.74) is -0.963. The molecule has 0 aliphatic carbocycles. The minimum Gasteiger partial charge on any atom is -0.294 e. The van der Waals surface area contributed by atoms with Crippen molar-refractivity contribution in [1.29, 1.82) is 0 Å². The van der Waals surface area contributed by atoms with Gasteiger partial charge >= 0.3 is 0 Å². The molecule has 2 aromatic rings. The average Bonchev–Trinajstić information content (AvgIpc) is 2.58. The zero-order chi connectivity index (χ0) is 16.8. The van der Waals surface area contributed by atoms with Crippen LogP contribution in [0.2, 0.25) is 5.02 Å². The minimum absolute atomic E-state index is 0.270. The normalized spacial score (nSPS) is 22.0. The summed E-state index contributed by atoms with van der Waals surface area (Å²) >= 11 is 5.95. The molecular weight excluding hydrogens is 318 g/mol. The zero-order valence-corrected chi connectivity index (χ0v) is 13.6. The molecule has 2 amide bonds. The Labute approximate surface area is 137 Å². The number of amides is 2. The van der Waals surface area contributed by atoms with E-state index < -0.39 is 11.4 Å². The van der Waals surface area contributed by atoms with Crippen LogP contribution < -0.4 is 10.9 Å². The van der Waals surface area contributed by atoms with Crippen LogP contribution in [-0.2, 0) is 15.1 Å². The summed E-state index contributed by atoms with van der Waals surface area (Å²) < 4.78 is 1.39. The van der Waals surface area contributed by atoms with Gasteiger partial charge < -0.3 is 0 Å². The second-order valence-corrected chi connectivity index (χ2v) is 6.40. The predicted molar refractivity (Wildman–Crippen MR) is 86.4 cm³/mol. The summed E-state index contributed by atoms with van der Waals surface area (Å²) in [5, 5.41) is 3.24. The molecule has 23 heavy (non-hydrogen) atoms. The number of nitrogens with one attached hydrogen (secondary N) is 1. The molecule has 1 saturated heterocycles. The maximum atomic E-state index is 12.9. The van der Waals surface area contributed by atoms with Gasteiger partial charge in [0.15, 0.2) is 0 Å². The van der Waals surface area contributed by atoms with Gasteiger partial charge in [-0.15, -0.1) is 0 Å². The number of nitrogens with zero attached hydrogens (tertiary/aromatic N) is 2. The van der Waals surface area contributed by atoms with Gasteiger partial charge in [0.05, 0.1) is 10.9 Å². The van der Waals surface area contributed by atoms with Crippen LogP contribution in [0, 0.1) is 6.92 Å². The molecule has 7 heteroatoms. The topological polar surface area (TPSA) is 81.1 Å². The van der Waals surface area contributed by atoms with Crippen LogP contribution >= 0.6 is 11.6 Å². The van der Waals surface area contributed by atoms with Crippen LogP contribution in [-0.4, -0.2) is 21.4 Å². The monoisotopic (exact) mass is 333 g/mol. The molecule has 120 valence electrons. The molecule has 1 fully saturated rings. The van der Waals surface area contributed by atoms with E-state index >= 15 is 0 Å². The number of rotatable bonds is 1. The van der Waals surface area contributed by atoms with Crippen molar-refractivity contribution in [3.63, 3.8) is 0 Å². The summed E-state index contributed by atoms with van der Waals surface area (Å²) in [6.07, 6.45) is 1.19. The van der Waals surface area contributed by atoms with Gasteiger partial charge in [0.25, 0.3) is 11.5 Å². The first-order valence-electron chi connectivity index (χ1n) is 7.36. The highest BCUT2D eigenvalue weighted by Crippen LogP contribution is 2.27. The van der Waals surface area contributed by atoms with E-state index in [1.165, 1.54) is 4.57 Å². The van der Waals surface area contributed by atoms with Crippen molar-refractivity contribution in [3.8, 4) is 0 Å². The smallest absolute Gasteiger partial charge is 0.262 e. The largest absolute Gasteiger partial charge is 0.294 e. The van der Waals surface area contributed by atoms with Gasteiger partial charge in [-0.3, -0.25) is 24.3 Å². The van der Waals surface area contributed by atoms with Crippen molar-refractivity contribution in [2.45, 2.75) is 38.6 Å². The SMILES string of the molecule is Cc1nc2cc(Cl)ccc2c(=O)n1C1(C)CCCC(=O)NC1=O. The first-order chi connectivity index (χ1) is 10.8. The van der Waals surface area contributed by atoms with Crippen LogP contribution in [0.15, 0.2) is 23.0 Å². The van der Waals surface area contributed by atoms with Crippen molar-refractivity contribution in [2.24, 2.45) is 0 Å². The minimum atomic E-state index is -1.14. The number of aromatic nitrogens is 2. The number of carbonyl (C=O) groups excluding carboxylic acids is 2. The standard InChI is InChI=1S/C16H16ClN3O3/c1-9-18-12-8-10(17)5-6-11(12)14(22)20(9)16(2)7-3-4-13(21)19-15(16)23/h5-6,8H,3-4,7H2,1-2H3,(H,19,21,23). The number of halogens is 1. The molecule has 1 atom stereocenters. The third-order valence-corrected chi connectivity index (χ3v) is 4.54. The lowest BCUT2D eigenvalue weighted by Crippen LogP contribution is -2.51. The molecule has 0 radical (unpaired) electrons. The lowest BCUT2D eigenvalue weighted by Gasteiger charge is -2.30. The van der Waals surface area contributed by atoms with E-state index in [0.717, 1.165) is 0 Å². The molecule has 1 aliphatic rings. The van der Waals surface area contributed by atoms with E-state index in [4.69, 9.17) is 11.6 Å². The molecule has 1 N–H and O–H groups in total. The Kier molecular flexibility index (Phi) is 3.72. The summed E-state index contributed by atoms with van der Waals surface area (Å²) in [6.45, 7) is 3.34. The van der Waals surface area contributed by atoms with Crippen molar-refractivity contribution in [2.75, 3.05) is 0 Å². The Morgan fingerprint density at radius 3 is 2.78 bits per heavy atom. The number of carbonyl (C=O) groups is 2. The highest BCUT2D eigenvalue weighted by atomic mass is 35.5. The van der Waals surface area contributed by atoms with E-state index in [0.29, 0.717) is 34.6 Å². The van der Waals surface area contributed by atoms with Crippen LogP contribution in [0.3, 0.4) is 0 Å². The van der Waals surface area contributed by atoms with Gasteiger partial charge in [-0.25, -0.2) is 4.98 Å². The van der Waals surface area contributed by atoms with Crippen molar-refractivity contribution in [1.82, 2.24) is 14.9 Å². The fourth-order valence-corrected chi connectivity index (χ4v) is 3.26. The van der Waals surface area contributed by atoms with Crippen LogP contribution in [0.25, 0.3) is 10.9 Å². The molecule has 1 aromatic heterocycles. The van der Waals surface area contributed by atoms with Crippen molar-refractivity contribution < 1.29 is 9.59 Å². The third kappa shape index (κ3) is 2.53. The molecule has 1 aliphatic heterocycles. The number of hydrogen-bond donors (Lipinski definition) is 1. The lowest BCUT2D eigenvalue weighted by molar-refractivity contribution is -0.134. The molecular formula is C16H16ClN3O3. The molecule has 6 nitrogen and oxygen atoms in total. The van der Waals surface area contributed by atoms with Crippen LogP contribution in [0.5, 0.6) is 0 Å². The fourth-order valence-electron chi connectivity index (χ4n) is 3.09. The van der Waals surface area contributed by atoms with Gasteiger partial charge in [0.1, 0.15) is 11.4 Å². The summed E-state index contributed by atoms with van der Waals surface area (Å²) in [4.78, 5) is 41.4. The summed E-state index contributed by atoms with van der Waals surface area (Å²) in [5.74, 6) is -0.373. The lowest BCUT2D eigenvalue weighted by atomic mass is 9.94. The van der Waals surface area contributed by atoms with Gasteiger partial charge in [-0.1, -0.05) is 11.6 Å². The van der Waals surface area contributed by atoms with E-state index in [-0.39, 0.29) is 17.9 Å². The van der Waals surface area contributed by atoms with Gasteiger partial charge in [0.2, 0.25) is 5.91 Å². The van der Waals surface area contributed by atoms with Crippen molar-refractivity contribution in [3.05, 3.63) is 39.4 Å². The molecule has 0 spiro atoms. The van der Waals surface area contributed by atoms with Gasteiger partial charge in [-0.2, -0.15) is 0 Å². The molecule has 1 aromatic carbocycles. The molecule has 2 heterocycles. The van der Waals surface area contributed by atoms with Crippen LogP contribution in [0.1, 0.15) is 32.0 Å². The second-order valence-electron chi connectivity index (χ2n) is 5.97. The van der Waals surface area contributed by atoms with Gasteiger partial charge in [0, 0.05) is 11.4 Å². The number of fused-ring (bicyclic) bond motifs is 1. The zero-order valence-electron chi connectivity index (χ0n) is 12.9. The Balaban J connectivity index is 2.26. The van der Waals surface area contributed by atoms with E-state index in [1.807, 2.05) is 0 Å². The third-order valence-electron chi connectivity index (χ3n) is 4.30. The summed E-state index contributed by atoms with van der Waals surface area (Å²) in [7, 11) is 0. The first kappa shape index (κ1) is 15.7. The van der Waals surface area contributed by atoms with Gasteiger partial charge in [-0.05, 0) is 44.9 Å². The highest BCUT2D eigenvalue weighted by molar-refractivity contribution is 6.31. The van der Waals surface area contributed by atoms with Crippen LogP contribution in [0.4, 0.5) is 0 Å². The second kappa shape index (κ2) is 5.45. The van der Waals surface area contributed by atoms with E-state index in [2.05, 4.69) is 10.3 Å². The Morgan fingerprint density at radius 1 is 1.30 bits per heavy atom. The number of imide groups is 1. The van der Waals surface area contributed by atoms with Crippen molar-refractivity contribution >= 4 is 34.3 Å². The highest BCUT2D eigenvalue weighted by Gasteiger charge is 2.40. The first-order valence-corrected chi connectivity index (χ1v) is 7.74. The predicted octanol–water partition coefficient (Wildman–Crippen LogP) is 1.90. The number of benzene rings is 1. The average molecular weight is 334 g/mol. The molecule has 0 bridgehead atoms. The number of hydrogen-bond acceptors (Lipinski definition) is 4. The maximum Gasteiger partial charge on any atom is 0.262 e. The Bertz CT molecular complexity index is 890. The Hall–Kier alpha value is -2.21. The number of aryl methyl sites for hydroxylation is 1. The maximum absolute atomic E-state index is 12.9. The van der Waals surface area contributed by atoms with E-state index in [9.17, 15) is 14.4 Å². The summed E-state index contributed by atoms with van der Waals surface area (Å²) in [6, 6.07) is 4.84. The molecule has 1 unspecified atom stereocenters. The quantitative estimate of drug-likeness (QED) is 0.808. The Morgan fingerprint density at radius 2 is 2.04 bits per heavy atom. The molecule has 0 saturated carbocycles. The van der Waals surface area contributed by atoms with E-state index in [1.54, 1.807) is 32.0 Å².